The summed E-state index contributed by atoms with van der Waals surface area (Å²) in [6.07, 6.45) is 3.78. The number of hydrogen-bond acceptors (Lipinski definition) is 4. The van der Waals surface area contributed by atoms with Crippen LogP contribution < -0.4 is 5.32 Å². The van der Waals surface area contributed by atoms with Crippen LogP contribution in [0.2, 0.25) is 5.28 Å². The molecule has 2 atom stereocenters. The van der Waals surface area contributed by atoms with Gasteiger partial charge in [0, 0.05) is 18.0 Å². The molecule has 1 aliphatic rings. The van der Waals surface area contributed by atoms with Gasteiger partial charge in [0.25, 0.3) is 0 Å². The van der Waals surface area contributed by atoms with Crippen molar-refractivity contribution in [1.29, 1.82) is 0 Å². The van der Waals surface area contributed by atoms with Crippen molar-refractivity contribution in [3.63, 3.8) is 0 Å². The van der Waals surface area contributed by atoms with Crippen LogP contribution in [-0.2, 0) is 10.8 Å². The molecule has 2 unspecified atom stereocenters. The topological polar surface area (TPSA) is 54.9 Å². The molecule has 0 aromatic carbocycles. The average molecular weight is 246 g/mol. The molecule has 0 amide bonds. The minimum Gasteiger partial charge on any atom is -0.313 e. The first-order valence-electron chi connectivity index (χ1n) is 4.86. The summed E-state index contributed by atoms with van der Waals surface area (Å²) in [6, 6.07) is 2.00. The largest absolute Gasteiger partial charge is 0.313 e. The highest BCUT2D eigenvalue weighted by molar-refractivity contribution is 7.85. The highest BCUT2D eigenvalue weighted by atomic mass is 35.5. The van der Waals surface area contributed by atoms with Gasteiger partial charge in [0.2, 0.25) is 5.28 Å². The summed E-state index contributed by atoms with van der Waals surface area (Å²) in [5, 5.41) is 3.97. The van der Waals surface area contributed by atoms with Gasteiger partial charge < -0.3 is 5.32 Å². The molecule has 0 spiro atoms. The maximum absolute atomic E-state index is 11.9. The standard InChI is InChI=1S/C9H12ClN3OS/c10-9-12-5-3-8(13-9)15(14)6-7-2-1-4-11-7/h3,5,7,11H,1-2,4,6H2. The van der Waals surface area contributed by atoms with E-state index in [1.54, 1.807) is 6.07 Å². The van der Waals surface area contributed by atoms with E-state index in [0.717, 1.165) is 19.4 Å². The Kier molecular flexibility index (Phi) is 3.66. The minimum absolute atomic E-state index is 0.153. The molecule has 82 valence electrons. The van der Waals surface area contributed by atoms with Gasteiger partial charge in [-0.25, -0.2) is 9.97 Å². The van der Waals surface area contributed by atoms with E-state index < -0.39 is 10.8 Å². The van der Waals surface area contributed by atoms with Gasteiger partial charge in [0.15, 0.2) is 0 Å². The summed E-state index contributed by atoms with van der Waals surface area (Å²) in [5.74, 6) is 0.605. The molecule has 0 bridgehead atoms. The first-order valence-corrected chi connectivity index (χ1v) is 6.56. The van der Waals surface area contributed by atoms with Gasteiger partial charge in [0.1, 0.15) is 5.03 Å². The Balaban J connectivity index is 2.01. The number of halogens is 1. The smallest absolute Gasteiger partial charge is 0.223 e. The molecule has 0 aliphatic carbocycles. The van der Waals surface area contributed by atoms with Crippen LogP contribution in [0.4, 0.5) is 0 Å². The second kappa shape index (κ2) is 5.01. The lowest BCUT2D eigenvalue weighted by Crippen LogP contribution is -2.27. The fourth-order valence-electron chi connectivity index (χ4n) is 1.61. The molecule has 1 saturated heterocycles. The van der Waals surface area contributed by atoms with Gasteiger partial charge in [0.05, 0.1) is 10.8 Å². The third-order valence-electron chi connectivity index (χ3n) is 2.35. The highest BCUT2D eigenvalue weighted by Crippen LogP contribution is 2.11. The highest BCUT2D eigenvalue weighted by Gasteiger charge is 2.18. The zero-order valence-corrected chi connectivity index (χ0v) is 9.72. The quantitative estimate of drug-likeness (QED) is 0.638. The fourth-order valence-corrected chi connectivity index (χ4v) is 3.03. The molecule has 6 heteroatoms. The average Bonchev–Trinajstić information content (AvgIpc) is 2.70. The van der Waals surface area contributed by atoms with Gasteiger partial charge in [-0.15, -0.1) is 0 Å². The van der Waals surface area contributed by atoms with E-state index in [0.29, 0.717) is 16.8 Å². The first kappa shape index (κ1) is 11.0. The van der Waals surface area contributed by atoms with Crippen LogP contribution in [0.1, 0.15) is 12.8 Å². The van der Waals surface area contributed by atoms with E-state index in [1.807, 2.05) is 0 Å². The number of hydrogen-bond donors (Lipinski definition) is 1. The van der Waals surface area contributed by atoms with Crippen LogP contribution in [-0.4, -0.2) is 32.5 Å². The van der Waals surface area contributed by atoms with E-state index in [-0.39, 0.29) is 5.28 Å². The summed E-state index contributed by atoms with van der Waals surface area (Å²) in [4.78, 5) is 7.70. The SMILES string of the molecule is O=S(CC1CCCN1)c1ccnc(Cl)n1. The molecular formula is C9H12ClN3OS. The van der Waals surface area contributed by atoms with Crippen molar-refractivity contribution in [3.8, 4) is 0 Å². The lowest BCUT2D eigenvalue weighted by Gasteiger charge is -2.08. The Labute approximate surface area is 95.9 Å². The molecule has 0 saturated carbocycles. The number of rotatable bonds is 3. The molecule has 15 heavy (non-hydrogen) atoms. The summed E-state index contributed by atoms with van der Waals surface area (Å²) in [7, 11) is -1.08. The Morgan fingerprint density at radius 3 is 3.20 bits per heavy atom. The van der Waals surface area contributed by atoms with Crippen LogP contribution in [0.5, 0.6) is 0 Å². The van der Waals surface area contributed by atoms with Crippen LogP contribution in [0.3, 0.4) is 0 Å². The third-order valence-corrected chi connectivity index (χ3v) is 3.93. The van der Waals surface area contributed by atoms with Gasteiger partial charge >= 0.3 is 0 Å². The number of nitrogens with one attached hydrogen (secondary N) is 1. The van der Waals surface area contributed by atoms with Crippen LogP contribution in [0.15, 0.2) is 17.3 Å². The van der Waals surface area contributed by atoms with Crippen LogP contribution in [0.25, 0.3) is 0 Å². The molecular weight excluding hydrogens is 234 g/mol. The molecule has 1 aliphatic heterocycles. The van der Waals surface area contributed by atoms with Gasteiger partial charge in [-0.2, -0.15) is 0 Å². The van der Waals surface area contributed by atoms with Gasteiger partial charge in [-0.1, -0.05) is 0 Å². The van der Waals surface area contributed by atoms with E-state index in [2.05, 4.69) is 15.3 Å². The number of nitrogens with zero attached hydrogens (tertiary/aromatic N) is 2. The Hall–Kier alpha value is -0.520. The lowest BCUT2D eigenvalue weighted by molar-refractivity contribution is 0.641. The van der Waals surface area contributed by atoms with Gasteiger partial charge in [-0.3, -0.25) is 4.21 Å². The summed E-state index contributed by atoms with van der Waals surface area (Å²) in [5.41, 5.74) is 0. The normalized spacial score (nSPS) is 22.9. The molecule has 1 N–H and O–H groups in total. The Morgan fingerprint density at radius 2 is 2.53 bits per heavy atom. The molecule has 0 radical (unpaired) electrons. The van der Waals surface area contributed by atoms with Crippen LogP contribution >= 0.6 is 11.6 Å². The summed E-state index contributed by atoms with van der Waals surface area (Å²) < 4.78 is 11.9. The monoisotopic (exact) mass is 245 g/mol. The Morgan fingerprint density at radius 1 is 1.67 bits per heavy atom. The van der Waals surface area contributed by atoms with Crippen molar-refractivity contribution < 1.29 is 4.21 Å². The molecule has 4 nitrogen and oxygen atoms in total. The van der Waals surface area contributed by atoms with E-state index in [4.69, 9.17) is 11.6 Å². The zero-order chi connectivity index (χ0) is 10.7. The lowest BCUT2D eigenvalue weighted by atomic mass is 10.3. The van der Waals surface area contributed by atoms with Crippen molar-refractivity contribution in [2.24, 2.45) is 0 Å². The minimum atomic E-state index is -1.08. The van der Waals surface area contributed by atoms with Crippen molar-refractivity contribution in [2.75, 3.05) is 12.3 Å². The van der Waals surface area contributed by atoms with Crippen molar-refractivity contribution in [1.82, 2.24) is 15.3 Å². The van der Waals surface area contributed by atoms with E-state index in [9.17, 15) is 4.21 Å². The molecule has 2 heterocycles. The summed E-state index contributed by atoms with van der Waals surface area (Å²) >= 11 is 5.63. The van der Waals surface area contributed by atoms with E-state index >= 15 is 0 Å². The predicted octanol–water partition coefficient (Wildman–Crippen LogP) is 0.990. The van der Waals surface area contributed by atoms with Gasteiger partial charge in [-0.05, 0) is 37.1 Å². The zero-order valence-electron chi connectivity index (χ0n) is 8.15. The maximum atomic E-state index is 11.9. The Bertz CT molecular complexity index is 368. The summed E-state index contributed by atoms with van der Waals surface area (Å²) in [6.45, 7) is 1.02. The van der Waals surface area contributed by atoms with Crippen LogP contribution in [0, 0.1) is 0 Å². The van der Waals surface area contributed by atoms with Crippen molar-refractivity contribution >= 4 is 22.4 Å². The maximum Gasteiger partial charge on any atom is 0.223 e. The molecule has 1 fully saturated rings. The molecule has 2 rings (SSSR count). The second-order valence-electron chi connectivity index (χ2n) is 3.47. The second-order valence-corrected chi connectivity index (χ2v) is 5.25. The van der Waals surface area contributed by atoms with Crippen molar-refractivity contribution in [3.05, 3.63) is 17.5 Å². The molecule has 1 aromatic heterocycles. The van der Waals surface area contributed by atoms with Crippen molar-refractivity contribution in [2.45, 2.75) is 23.9 Å². The predicted molar refractivity (Wildman–Crippen MR) is 59.3 cm³/mol. The first-order chi connectivity index (χ1) is 7.25. The third kappa shape index (κ3) is 2.96. The van der Waals surface area contributed by atoms with E-state index in [1.165, 1.54) is 6.20 Å². The fraction of sp³-hybridized carbons (Fsp3) is 0.556. The molecule has 1 aromatic rings. The number of aromatic nitrogens is 2.